The maximum atomic E-state index is 3.62. The lowest BCUT2D eigenvalue weighted by Crippen LogP contribution is -2.19. The van der Waals surface area contributed by atoms with Crippen molar-refractivity contribution in [2.75, 3.05) is 7.05 Å². The van der Waals surface area contributed by atoms with Gasteiger partial charge in [-0.25, -0.2) is 0 Å². The number of benzene rings is 2. The standard InChI is InChI=1S/C16H17Br2N/c1-11-7-8-13(9-15(11)18)16(19-2)10-12-5-3-4-6-14(12)17/h3-9,16,19H,10H2,1-2H3. The highest BCUT2D eigenvalue weighted by atomic mass is 79.9. The predicted molar refractivity (Wildman–Crippen MR) is 88.5 cm³/mol. The minimum absolute atomic E-state index is 0.315. The van der Waals surface area contributed by atoms with Gasteiger partial charge in [0, 0.05) is 15.0 Å². The van der Waals surface area contributed by atoms with Crippen LogP contribution >= 0.6 is 31.9 Å². The van der Waals surface area contributed by atoms with E-state index in [-0.39, 0.29) is 0 Å². The first-order chi connectivity index (χ1) is 9.11. The lowest BCUT2D eigenvalue weighted by Gasteiger charge is -2.18. The van der Waals surface area contributed by atoms with E-state index in [2.05, 4.69) is 80.5 Å². The van der Waals surface area contributed by atoms with Gasteiger partial charge >= 0.3 is 0 Å². The minimum Gasteiger partial charge on any atom is -0.313 e. The Kier molecular flexibility index (Phi) is 5.20. The second-order valence-corrected chi connectivity index (χ2v) is 6.35. The number of hydrogen-bond acceptors (Lipinski definition) is 1. The van der Waals surface area contributed by atoms with Crippen LogP contribution in [0.25, 0.3) is 0 Å². The van der Waals surface area contributed by atoms with Gasteiger partial charge in [0.05, 0.1) is 0 Å². The summed E-state index contributed by atoms with van der Waals surface area (Å²) in [6.07, 6.45) is 0.966. The first-order valence-electron chi connectivity index (χ1n) is 6.28. The molecule has 100 valence electrons. The second-order valence-electron chi connectivity index (χ2n) is 4.65. The molecule has 0 saturated carbocycles. The Bertz CT molecular complexity index is 566. The summed E-state index contributed by atoms with van der Waals surface area (Å²) < 4.78 is 2.33. The van der Waals surface area contributed by atoms with Gasteiger partial charge in [0.1, 0.15) is 0 Å². The predicted octanol–water partition coefficient (Wildman–Crippen LogP) is 5.02. The molecule has 0 aliphatic rings. The lowest BCUT2D eigenvalue weighted by atomic mass is 9.98. The van der Waals surface area contributed by atoms with Crippen molar-refractivity contribution in [3.63, 3.8) is 0 Å². The van der Waals surface area contributed by atoms with Gasteiger partial charge in [-0.2, -0.15) is 0 Å². The van der Waals surface area contributed by atoms with Crippen LogP contribution in [0.2, 0.25) is 0 Å². The van der Waals surface area contributed by atoms with E-state index in [4.69, 9.17) is 0 Å². The molecule has 0 radical (unpaired) electrons. The zero-order chi connectivity index (χ0) is 13.8. The maximum Gasteiger partial charge on any atom is 0.0359 e. The third-order valence-electron chi connectivity index (χ3n) is 3.33. The van der Waals surface area contributed by atoms with Gasteiger partial charge in [-0.15, -0.1) is 0 Å². The zero-order valence-electron chi connectivity index (χ0n) is 11.1. The summed E-state index contributed by atoms with van der Waals surface area (Å²) in [6.45, 7) is 2.11. The number of hydrogen-bond donors (Lipinski definition) is 1. The van der Waals surface area contributed by atoms with Crippen molar-refractivity contribution in [3.05, 3.63) is 68.1 Å². The molecule has 0 heterocycles. The van der Waals surface area contributed by atoms with Crippen LogP contribution in [0.3, 0.4) is 0 Å². The summed E-state index contributed by atoms with van der Waals surface area (Å²) >= 11 is 7.22. The van der Waals surface area contributed by atoms with E-state index < -0.39 is 0 Å². The molecule has 0 saturated heterocycles. The molecule has 1 nitrogen and oxygen atoms in total. The largest absolute Gasteiger partial charge is 0.313 e. The normalized spacial score (nSPS) is 12.4. The minimum atomic E-state index is 0.315. The molecule has 1 N–H and O–H groups in total. The lowest BCUT2D eigenvalue weighted by molar-refractivity contribution is 0.590. The van der Waals surface area contributed by atoms with Crippen LogP contribution in [0.1, 0.15) is 22.7 Å². The van der Waals surface area contributed by atoms with Crippen LogP contribution in [-0.4, -0.2) is 7.05 Å². The molecule has 1 atom stereocenters. The summed E-state index contributed by atoms with van der Waals surface area (Å²) in [5, 5.41) is 3.40. The van der Waals surface area contributed by atoms with E-state index in [0.717, 1.165) is 10.9 Å². The summed E-state index contributed by atoms with van der Waals surface area (Å²) in [5.74, 6) is 0. The molecule has 0 fully saturated rings. The highest BCUT2D eigenvalue weighted by Gasteiger charge is 2.12. The van der Waals surface area contributed by atoms with Crippen molar-refractivity contribution >= 4 is 31.9 Å². The molecule has 0 amide bonds. The SMILES string of the molecule is CNC(Cc1ccccc1Br)c1ccc(C)c(Br)c1. The van der Waals surface area contributed by atoms with Gasteiger partial charge in [0.25, 0.3) is 0 Å². The molecule has 2 aromatic carbocycles. The van der Waals surface area contributed by atoms with Crippen LogP contribution in [0, 0.1) is 6.92 Å². The number of likely N-dealkylation sites (N-methyl/N-ethyl adjacent to an activating group) is 1. The van der Waals surface area contributed by atoms with Crippen molar-refractivity contribution in [1.82, 2.24) is 5.32 Å². The van der Waals surface area contributed by atoms with Crippen molar-refractivity contribution in [2.24, 2.45) is 0 Å². The van der Waals surface area contributed by atoms with Crippen LogP contribution in [0.5, 0.6) is 0 Å². The zero-order valence-corrected chi connectivity index (χ0v) is 14.3. The van der Waals surface area contributed by atoms with Gasteiger partial charge in [0.15, 0.2) is 0 Å². The molecule has 0 aliphatic heterocycles. The van der Waals surface area contributed by atoms with Gasteiger partial charge in [-0.3, -0.25) is 0 Å². The monoisotopic (exact) mass is 381 g/mol. The summed E-state index contributed by atoms with van der Waals surface area (Å²) in [5.41, 5.74) is 3.88. The number of aryl methyl sites for hydroxylation is 1. The van der Waals surface area contributed by atoms with Crippen LogP contribution in [0.15, 0.2) is 51.4 Å². The highest BCUT2D eigenvalue weighted by Crippen LogP contribution is 2.26. The Labute approximate surface area is 131 Å². The number of halogens is 2. The molecule has 0 bridgehead atoms. The van der Waals surface area contributed by atoms with E-state index in [1.807, 2.05) is 13.1 Å². The molecule has 0 aliphatic carbocycles. The smallest absolute Gasteiger partial charge is 0.0359 e. The molecule has 2 rings (SSSR count). The number of rotatable bonds is 4. The van der Waals surface area contributed by atoms with Gasteiger partial charge < -0.3 is 5.32 Å². The molecular weight excluding hydrogens is 366 g/mol. The summed E-state index contributed by atoms with van der Waals surface area (Å²) in [4.78, 5) is 0. The Morgan fingerprint density at radius 1 is 1.05 bits per heavy atom. The number of nitrogens with one attached hydrogen (secondary N) is 1. The Morgan fingerprint density at radius 2 is 1.79 bits per heavy atom. The molecule has 3 heteroatoms. The third-order valence-corrected chi connectivity index (χ3v) is 4.96. The molecule has 1 unspecified atom stereocenters. The van der Waals surface area contributed by atoms with Gasteiger partial charge in [0.2, 0.25) is 0 Å². The van der Waals surface area contributed by atoms with Gasteiger partial charge in [-0.1, -0.05) is 62.2 Å². The quantitative estimate of drug-likeness (QED) is 0.782. The Hall–Kier alpha value is -0.640. The maximum absolute atomic E-state index is 3.62. The van der Waals surface area contributed by atoms with Gasteiger partial charge in [-0.05, 0) is 49.2 Å². The molecular formula is C16H17Br2N. The summed E-state index contributed by atoms with van der Waals surface area (Å²) in [6, 6.07) is 15.2. The summed E-state index contributed by atoms with van der Waals surface area (Å²) in [7, 11) is 2.01. The van der Waals surface area contributed by atoms with E-state index >= 15 is 0 Å². The van der Waals surface area contributed by atoms with E-state index in [1.54, 1.807) is 0 Å². The van der Waals surface area contributed by atoms with E-state index in [0.29, 0.717) is 6.04 Å². The van der Waals surface area contributed by atoms with Crippen LogP contribution in [0.4, 0.5) is 0 Å². The average Bonchev–Trinajstić information content (AvgIpc) is 2.41. The van der Waals surface area contributed by atoms with E-state index in [9.17, 15) is 0 Å². The molecule has 19 heavy (non-hydrogen) atoms. The van der Waals surface area contributed by atoms with Crippen LogP contribution < -0.4 is 5.32 Å². The van der Waals surface area contributed by atoms with E-state index in [1.165, 1.54) is 21.2 Å². The first kappa shape index (κ1) is 14.8. The third kappa shape index (κ3) is 3.68. The molecule has 2 aromatic rings. The average molecular weight is 383 g/mol. The second kappa shape index (κ2) is 6.69. The topological polar surface area (TPSA) is 12.0 Å². The molecule has 0 spiro atoms. The molecule has 0 aromatic heterocycles. The highest BCUT2D eigenvalue weighted by molar-refractivity contribution is 9.10. The Morgan fingerprint density at radius 3 is 2.42 bits per heavy atom. The van der Waals surface area contributed by atoms with Crippen molar-refractivity contribution < 1.29 is 0 Å². The van der Waals surface area contributed by atoms with Crippen molar-refractivity contribution in [1.29, 1.82) is 0 Å². The fraction of sp³-hybridized carbons (Fsp3) is 0.250. The first-order valence-corrected chi connectivity index (χ1v) is 7.87. The fourth-order valence-electron chi connectivity index (χ4n) is 2.10. The Balaban J connectivity index is 2.25. The van der Waals surface area contributed by atoms with Crippen molar-refractivity contribution in [3.8, 4) is 0 Å². The van der Waals surface area contributed by atoms with Crippen molar-refractivity contribution in [2.45, 2.75) is 19.4 Å². The fourth-order valence-corrected chi connectivity index (χ4v) is 2.94. The van der Waals surface area contributed by atoms with Crippen LogP contribution in [-0.2, 0) is 6.42 Å².